The van der Waals surface area contributed by atoms with Crippen molar-refractivity contribution in [3.63, 3.8) is 0 Å². The molecular weight excluding hydrogens is 216 g/mol. The molecule has 1 aliphatic rings. The number of nitrogen functional groups attached to an aromatic ring is 1. The third-order valence-corrected chi connectivity index (χ3v) is 3.12. The molecule has 1 heterocycles. The largest absolute Gasteiger partial charge is 0.372 e. The van der Waals surface area contributed by atoms with Crippen molar-refractivity contribution >= 4 is 5.82 Å². The number of aromatic nitrogens is 2. The lowest BCUT2D eigenvalue weighted by Crippen LogP contribution is -2.13. The maximum Gasteiger partial charge on any atom is 0.158 e. The van der Waals surface area contributed by atoms with Crippen molar-refractivity contribution in [2.45, 2.75) is 51.2 Å². The summed E-state index contributed by atoms with van der Waals surface area (Å²) in [6.45, 7) is 0.544. The normalized spacial score (nSPS) is 17.7. The highest BCUT2D eigenvalue weighted by Crippen LogP contribution is 2.20. The van der Waals surface area contributed by atoms with Gasteiger partial charge in [-0.1, -0.05) is 25.7 Å². The molecule has 1 aromatic rings. The molecule has 1 aliphatic carbocycles. The number of hydrogen-bond donors (Lipinski definition) is 2. The van der Waals surface area contributed by atoms with E-state index in [9.17, 15) is 0 Å². The molecule has 0 amide bonds. The molecular formula is C12H20N4O. The number of hydrogen-bond acceptors (Lipinski definition) is 5. The van der Waals surface area contributed by atoms with Crippen LogP contribution in [-0.4, -0.2) is 16.1 Å². The molecule has 2 rings (SSSR count). The molecule has 1 aromatic heterocycles. The summed E-state index contributed by atoms with van der Waals surface area (Å²) in [6.07, 6.45) is 11.3. The molecule has 5 nitrogen and oxygen atoms in total. The lowest BCUT2D eigenvalue weighted by molar-refractivity contribution is 0.0291. The molecule has 0 unspecified atom stereocenters. The minimum atomic E-state index is 0.395. The van der Waals surface area contributed by atoms with Crippen LogP contribution in [0.1, 0.15) is 44.2 Å². The van der Waals surface area contributed by atoms with Gasteiger partial charge in [-0.05, 0) is 12.8 Å². The smallest absolute Gasteiger partial charge is 0.158 e. The van der Waals surface area contributed by atoms with Gasteiger partial charge in [-0.2, -0.15) is 0 Å². The van der Waals surface area contributed by atoms with Crippen molar-refractivity contribution in [3.8, 4) is 0 Å². The first-order valence-corrected chi connectivity index (χ1v) is 6.27. The Balaban J connectivity index is 1.79. The second-order valence-corrected chi connectivity index (χ2v) is 4.46. The van der Waals surface area contributed by atoms with Crippen molar-refractivity contribution in [1.29, 1.82) is 0 Å². The fourth-order valence-electron chi connectivity index (χ4n) is 2.12. The van der Waals surface area contributed by atoms with Gasteiger partial charge in [0.05, 0.1) is 30.8 Å². The van der Waals surface area contributed by atoms with Crippen LogP contribution in [-0.2, 0) is 11.3 Å². The van der Waals surface area contributed by atoms with Gasteiger partial charge in [-0.15, -0.1) is 0 Å². The van der Waals surface area contributed by atoms with Gasteiger partial charge in [0.25, 0.3) is 0 Å². The predicted molar refractivity (Wildman–Crippen MR) is 66.1 cm³/mol. The fourth-order valence-corrected chi connectivity index (χ4v) is 2.12. The van der Waals surface area contributed by atoms with Crippen LogP contribution in [0.4, 0.5) is 5.82 Å². The van der Waals surface area contributed by atoms with E-state index in [-0.39, 0.29) is 0 Å². The Kier molecular flexibility index (Phi) is 4.70. The Hall–Kier alpha value is -1.20. The summed E-state index contributed by atoms with van der Waals surface area (Å²) in [5.41, 5.74) is 3.31. The van der Waals surface area contributed by atoms with E-state index >= 15 is 0 Å². The van der Waals surface area contributed by atoms with Crippen molar-refractivity contribution in [3.05, 3.63) is 18.1 Å². The molecule has 0 spiro atoms. The van der Waals surface area contributed by atoms with Gasteiger partial charge in [0.1, 0.15) is 0 Å². The Morgan fingerprint density at radius 1 is 1.18 bits per heavy atom. The first-order valence-electron chi connectivity index (χ1n) is 6.27. The van der Waals surface area contributed by atoms with Crippen molar-refractivity contribution in [2.24, 2.45) is 5.84 Å². The molecule has 1 saturated carbocycles. The van der Waals surface area contributed by atoms with E-state index in [2.05, 4.69) is 15.4 Å². The molecule has 3 N–H and O–H groups in total. The molecule has 17 heavy (non-hydrogen) atoms. The fraction of sp³-hybridized carbons (Fsp3) is 0.667. The average molecular weight is 236 g/mol. The van der Waals surface area contributed by atoms with E-state index in [0.29, 0.717) is 18.5 Å². The van der Waals surface area contributed by atoms with E-state index in [0.717, 1.165) is 5.69 Å². The zero-order chi connectivity index (χ0) is 11.9. The van der Waals surface area contributed by atoms with Crippen molar-refractivity contribution in [2.75, 3.05) is 5.43 Å². The third kappa shape index (κ3) is 3.94. The lowest BCUT2D eigenvalue weighted by atomic mass is 10.1. The van der Waals surface area contributed by atoms with Crippen LogP contribution in [0.3, 0.4) is 0 Å². The molecule has 5 heteroatoms. The Bertz CT molecular complexity index is 320. The maximum atomic E-state index is 5.87. The standard InChI is InChI=1S/C12H20N4O/c13-16-12-8-14-10(7-15-12)9-17-11-5-3-1-2-4-6-11/h7-8,11H,1-6,9,13H2,(H,15,16). The van der Waals surface area contributed by atoms with Gasteiger partial charge in [-0.25, -0.2) is 10.8 Å². The van der Waals surface area contributed by atoms with Gasteiger partial charge in [0.15, 0.2) is 5.82 Å². The Morgan fingerprint density at radius 2 is 1.94 bits per heavy atom. The monoisotopic (exact) mass is 236 g/mol. The number of nitrogens with zero attached hydrogens (tertiary/aromatic N) is 2. The molecule has 0 aliphatic heterocycles. The van der Waals surface area contributed by atoms with Crippen LogP contribution in [0, 0.1) is 0 Å². The second kappa shape index (κ2) is 6.51. The van der Waals surface area contributed by atoms with Gasteiger partial charge < -0.3 is 10.2 Å². The highest BCUT2D eigenvalue weighted by Gasteiger charge is 2.12. The number of ether oxygens (including phenoxy) is 1. The molecule has 0 radical (unpaired) electrons. The minimum Gasteiger partial charge on any atom is -0.372 e. The molecule has 0 saturated heterocycles. The molecule has 0 atom stereocenters. The zero-order valence-electron chi connectivity index (χ0n) is 10.1. The SMILES string of the molecule is NNc1cnc(COC2CCCCCC2)cn1. The van der Waals surface area contributed by atoms with Crippen LogP contribution < -0.4 is 11.3 Å². The predicted octanol–water partition coefficient (Wildman–Crippen LogP) is 2.00. The first kappa shape index (κ1) is 12.3. The molecule has 94 valence electrons. The van der Waals surface area contributed by atoms with Crippen LogP contribution in [0.15, 0.2) is 12.4 Å². The Labute approximate surface area is 102 Å². The topological polar surface area (TPSA) is 73.1 Å². The Morgan fingerprint density at radius 3 is 2.53 bits per heavy atom. The van der Waals surface area contributed by atoms with Crippen LogP contribution in [0.2, 0.25) is 0 Å². The van der Waals surface area contributed by atoms with E-state index in [1.165, 1.54) is 38.5 Å². The van der Waals surface area contributed by atoms with E-state index in [1.54, 1.807) is 12.4 Å². The van der Waals surface area contributed by atoms with Gasteiger partial charge >= 0.3 is 0 Å². The third-order valence-electron chi connectivity index (χ3n) is 3.12. The first-order chi connectivity index (χ1) is 8.38. The molecule has 0 bridgehead atoms. The molecule has 1 fully saturated rings. The summed E-state index contributed by atoms with van der Waals surface area (Å²) >= 11 is 0. The van der Waals surface area contributed by atoms with Gasteiger partial charge in [0.2, 0.25) is 0 Å². The summed E-state index contributed by atoms with van der Waals surface area (Å²) < 4.78 is 5.87. The highest BCUT2D eigenvalue weighted by atomic mass is 16.5. The number of nitrogens with two attached hydrogens (primary N) is 1. The van der Waals surface area contributed by atoms with Crippen LogP contribution >= 0.6 is 0 Å². The van der Waals surface area contributed by atoms with E-state index < -0.39 is 0 Å². The summed E-state index contributed by atoms with van der Waals surface area (Å²) in [7, 11) is 0. The molecule has 0 aromatic carbocycles. The quantitative estimate of drug-likeness (QED) is 0.475. The highest BCUT2D eigenvalue weighted by molar-refractivity contribution is 5.28. The van der Waals surface area contributed by atoms with Crippen molar-refractivity contribution < 1.29 is 4.74 Å². The van der Waals surface area contributed by atoms with Crippen LogP contribution in [0.25, 0.3) is 0 Å². The second-order valence-electron chi connectivity index (χ2n) is 4.46. The summed E-state index contributed by atoms with van der Waals surface area (Å²) in [6, 6.07) is 0. The summed E-state index contributed by atoms with van der Waals surface area (Å²) in [4.78, 5) is 8.33. The van der Waals surface area contributed by atoms with Crippen molar-refractivity contribution in [1.82, 2.24) is 9.97 Å². The average Bonchev–Trinajstić information content (AvgIpc) is 2.65. The number of hydrazine groups is 1. The van der Waals surface area contributed by atoms with Gasteiger partial charge in [0, 0.05) is 0 Å². The zero-order valence-corrected chi connectivity index (χ0v) is 10.1. The minimum absolute atomic E-state index is 0.395. The number of nitrogens with one attached hydrogen (secondary N) is 1. The van der Waals surface area contributed by atoms with E-state index in [4.69, 9.17) is 10.6 Å². The van der Waals surface area contributed by atoms with Crippen LogP contribution in [0.5, 0.6) is 0 Å². The summed E-state index contributed by atoms with van der Waals surface area (Å²) in [5, 5.41) is 0. The maximum absolute atomic E-state index is 5.87. The number of rotatable bonds is 4. The summed E-state index contributed by atoms with van der Waals surface area (Å²) in [5.74, 6) is 5.80. The van der Waals surface area contributed by atoms with E-state index in [1.807, 2.05) is 0 Å². The lowest BCUT2D eigenvalue weighted by Gasteiger charge is -2.14. The van der Waals surface area contributed by atoms with Gasteiger partial charge in [-0.3, -0.25) is 4.98 Å². The number of anilines is 1.